The van der Waals surface area contributed by atoms with Crippen LogP contribution in [-0.2, 0) is 11.2 Å². The van der Waals surface area contributed by atoms with E-state index in [0.29, 0.717) is 23.6 Å². The van der Waals surface area contributed by atoms with Gasteiger partial charge in [-0.1, -0.05) is 21.9 Å². The molecular weight excluding hydrogens is 358 g/mol. The lowest BCUT2D eigenvalue weighted by atomic mass is 10.1. The van der Waals surface area contributed by atoms with Crippen LogP contribution in [0.4, 0.5) is 5.88 Å². The second-order valence-corrected chi connectivity index (χ2v) is 6.39. The molecule has 0 bridgehead atoms. The Morgan fingerprint density at radius 1 is 1.07 bits per heavy atom. The van der Waals surface area contributed by atoms with Crippen LogP contribution in [0.2, 0.25) is 0 Å². The first-order chi connectivity index (χ1) is 13.6. The van der Waals surface area contributed by atoms with Crippen LogP contribution in [0.15, 0.2) is 57.6 Å². The van der Waals surface area contributed by atoms with Gasteiger partial charge in [0, 0.05) is 17.0 Å². The molecular formula is C21H19N3O4. The van der Waals surface area contributed by atoms with Crippen LogP contribution < -0.4 is 10.1 Å². The molecule has 4 rings (SSSR count). The Balaban J connectivity index is 1.44. The van der Waals surface area contributed by atoms with E-state index in [9.17, 15) is 4.79 Å². The number of hydrogen-bond donors (Lipinski definition) is 1. The number of rotatable bonds is 6. The van der Waals surface area contributed by atoms with Gasteiger partial charge in [-0.3, -0.25) is 10.1 Å². The number of aryl methyl sites for hydroxylation is 1. The van der Waals surface area contributed by atoms with Crippen molar-refractivity contribution in [3.63, 3.8) is 0 Å². The average molecular weight is 377 g/mol. The molecule has 142 valence electrons. The molecule has 0 saturated heterocycles. The highest BCUT2D eigenvalue weighted by atomic mass is 16.5. The fraction of sp³-hybridized carbons (Fsp3) is 0.190. The molecule has 2 heterocycles. The largest absolute Gasteiger partial charge is 0.494 e. The maximum atomic E-state index is 12.4. The number of carbonyl (C=O) groups is 1. The van der Waals surface area contributed by atoms with Gasteiger partial charge in [0.2, 0.25) is 11.8 Å². The Bertz CT molecular complexity index is 1110. The fourth-order valence-corrected chi connectivity index (χ4v) is 2.92. The highest BCUT2D eigenvalue weighted by molar-refractivity contribution is 5.94. The molecule has 2 aromatic heterocycles. The molecule has 1 N–H and O–H groups in total. The molecule has 4 aromatic rings. The van der Waals surface area contributed by atoms with Crippen molar-refractivity contribution >= 4 is 22.8 Å². The quantitative estimate of drug-likeness (QED) is 0.536. The molecule has 7 nitrogen and oxygen atoms in total. The summed E-state index contributed by atoms with van der Waals surface area (Å²) in [5, 5.41) is 11.6. The third kappa shape index (κ3) is 3.73. The van der Waals surface area contributed by atoms with E-state index in [4.69, 9.17) is 13.8 Å². The Hall–Kier alpha value is -3.61. The number of hydrogen-bond acceptors (Lipinski definition) is 6. The van der Waals surface area contributed by atoms with Crippen molar-refractivity contribution in [2.24, 2.45) is 0 Å². The number of amides is 1. The Morgan fingerprint density at radius 3 is 2.68 bits per heavy atom. The standard InChI is InChI=1S/C21H19N3O4/c1-3-26-15-7-5-14(6-8-15)17-12-21(28-23-17)22-20(25)11-18-16-10-13(2)4-9-19(16)27-24-18/h4-10,12H,3,11H2,1-2H3,(H,22,25). The zero-order valence-corrected chi connectivity index (χ0v) is 15.6. The first kappa shape index (κ1) is 17.8. The highest BCUT2D eigenvalue weighted by Crippen LogP contribution is 2.25. The van der Waals surface area contributed by atoms with Crippen LogP contribution in [0.1, 0.15) is 18.2 Å². The van der Waals surface area contributed by atoms with Crippen LogP contribution in [0.5, 0.6) is 5.75 Å². The lowest BCUT2D eigenvalue weighted by Crippen LogP contribution is -2.14. The van der Waals surface area contributed by atoms with Gasteiger partial charge in [-0.2, -0.15) is 0 Å². The molecule has 0 aliphatic heterocycles. The van der Waals surface area contributed by atoms with Crippen molar-refractivity contribution in [2.45, 2.75) is 20.3 Å². The number of benzene rings is 2. The lowest BCUT2D eigenvalue weighted by molar-refractivity contribution is -0.115. The molecule has 1 amide bonds. The molecule has 0 atom stereocenters. The lowest BCUT2D eigenvalue weighted by Gasteiger charge is -2.02. The number of fused-ring (bicyclic) bond motifs is 1. The monoisotopic (exact) mass is 377 g/mol. The van der Waals surface area contributed by atoms with Crippen LogP contribution >= 0.6 is 0 Å². The topological polar surface area (TPSA) is 90.4 Å². The van der Waals surface area contributed by atoms with Gasteiger partial charge in [-0.25, -0.2) is 0 Å². The summed E-state index contributed by atoms with van der Waals surface area (Å²) < 4.78 is 15.9. The van der Waals surface area contributed by atoms with E-state index < -0.39 is 0 Å². The van der Waals surface area contributed by atoms with Gasteiger partial charge in [-0.05, 0) is 50.2 Å². The van der Waals surface area contributed by atoms with Crippen molar-refractivity contribution in [1.82, 2.24) is 10.3 Å². The third-order valence-corrected chi connectivity index (χ3v) is 4.26. The van der Waals surface area contributed by atoms with Crippen molar-refractivity contribution < 1.29 is 18.6 Å². The minimum atomic E-state index is -0.258. The van der Waals surface area contributed by atoms with Gasteiger partial charge < -0.3 is 13.8 Å². The highest BCUT2D eigenvalue weighted by Gasteiger charge is 2.15. The van der Waals surface area contributed by atoms with Gasteiger partial charge in [0.1, 0.15) is 17.1 Å². The zero-order valence-electron chi connectivity index (χ0n) is 15.6. The number of carbonyl (C=O) groups excluding carboxylic acids is 1. The molecule has 2 aromatic carbocycles. The van der Waals surface area contributed by atoms with E-state index >= 15 is 0 Å². The first-order valence-corrected chi connectivity index (χ1v) is 8.97. The van der Waals surface area contributed by atoms with Gasteiger partial charge in [-0.15, -0.1) is 0 Å². The van der Waals surface area contributed by atoms with Crippen LogP contribution in [-0.4, -0.2) is 22.8 Å². The summed E-state index contributed by atoms with van der Waals surface area (Å²) in [6, 6.07) is 14.9. The maximum absolute atomic E-state index is 12.4. The number of nitrogens with one attached hydrogen (secondary N) is 1. The summed E-state index contributed by atoms with van der Waals surface area (Å²) in [6.07, 6.45) is 0.0789. The maximum Gasteiger partial charge on any atom is 0.232 e. The fourth-order valence-electron chi connectivity index (χ4n) is 2.92. The minimum Gasteiger partial charge on any atom is -0.494 e. The van der Waals surface area contributed by atoms with Crippen molar-refractivity contribution in [2.75, 3.05) is 11.9 Å². The Kier molecular flexibility index (Phi) is 4.80. The van der Waals surface area contributed by atoms with E-state index in [0.717, 1.165) is 22.3 Å². The summed E-state index contributed by atoms with van der Waals surface area (Å²) in [6.45, 7) is 4.52. The summed E-state index contributed by atoms with van der Waals surface area (Å²) in [5.74, 6) is 0.808. The van der Waals surface area contributed by atoms with E-state index in [1.165, 1.54) is 0 Å². The Morgan fingerprint density at radius 2 is 1.89 bits per heavy atom. The predicted molar refractivity (Wildman–Crippen MR) is 104 cm³/mol. The van der Waals surface area contributed by atoms with Gasteiger partial charge >= 0.3 is 0 Å². The van der Waals surface area contributed by atoms with Gasteiger partial charge in [0.05, 0.1) is 13.0 Å². The van der Waals surface area contributed by atoms with Crippen LogP contribution in [0, 0.1) is 6.92 Å². The van der Waals surface area contributed by atoms with Gasteiger partial charge in [0.25, 0.3) is 0 Å². The second-order valence-electron chi connectivity index (χ2n) is 6.39. The molecule has 0 saturated carbocycles. The van der Waals surface area contributed by atoms with E-state index in [2.05, 4.69) is 15.6 Å². The molecule has 0 fully saturated rings. The van der Waals surface area contributed by atoms with Gasteiger partial charge in [0.15, 0.2) is 5.58 Å². The van der Waals surface area contributed by atoms with Crippen molar-refractivity contribution in [1.29, 1.82) is 0 Å². The van der Waals surface area contributed by atoms with Crippen molar-refractivity contribution in [3.8, 4) is 17.0 Å². The summed E-state index contributed by atoms with van der Waals surface area (Å²) in [5.41, 5.74) is 3.81. The number of aromatic nitrogens is 2. The molecule has 28 heavy (non-hydrogen) atoms. The SMILES string of the molecule is CCOc1ccc(-c2cc(NC(=O)Cc3noc4ccc(C)cc34)on2)cc1. The summed E-state index contributed by atoms with van der Waals surface area (Å²) in [7, 11) is 0. The molecule has 0 aliphatic carbocycles. The zero-order chi connectivity index (χ0) is 19.5. The molecule has 7 heteroatoms. The molecule has 0 spiro atoms. The minimum absolute atomic E-state index is 0.0789. The van der Waals surface area contributed by atoms with E-state index in [1.807, 2.05) is 56.3 Å². The second kappa shape index (κ2) is 7.56. The summed E-state index contributed by atoms with van der Waals surface area (Å²) >= 11 is 0. The number of nitrogens with zero attached hydrogens (tertiary/aromatic N) is 2. The third-order valence-electron chi connectivity index (χ3n) is 4.26. The molecule has 0 aliphatic rings. The molecule has 0 unspecified atom stereocenters. The average Bonchev–Trinajstić information content (AvgIpc) is 3.30. The number of ether oxygens (including phenoxy) is 1. The van der Waals surface area contributed by atoms with Crippen LogP contribution in [0.25, 0.3) is 22.2 Å². The Labute approximate surface area is 161 Å². The first-order valence-electron chi connectivity index (χ1n) is 8.97. The van der Waals surface area contributed by atoms with Crippen molar-refractivity contribution in [3.05, 3.63) is 59.8 Å². The van der Waals surface area contributed by atoms with Crippen LogP contribution in [0.3, 0.4) is 0 Å². The number of anilines is 1. The normalized spacial score (nSPS) is 10.9. The van der Waals surface area contributed by atoms with E-state index in [1.54, 1.807) is 6.07 Å². The molecule has 0 radical (unpaired) electrons. The summed E-state index contributed by atoms with van der Waals surface area (Å²) in [4.78, 5) is 12.4. The smallest absolute Gasteiger partial charge is 0.232 e. The predicted octanol–water partition coefficient (Wildman–Crippen LogP) is 4.37. The van der Waals surface area contributed by atoms with E-state index in [-0.39, 0.29) is 18.2 Å².